The van der Waals surface area contributed by atoms with E-state index in [9.17, 15) is 19.2 Å². The molecule has 0 N–H and O–H groups in total. The van der Waals surface area contributed by atoms with Crippen molar-refractivity contribution in [1.82, 2.24) is 9.80 Å². The van der Waals surface area contributed by atoms with Gasteiger partial charge in [0.05, 0.1) is 0 Å². The van der Waals surface area contributed by atoms with Crippen molar-refractivity contribution >= 4 is 115 Å². The maximum absolute atomic E-state index is 13.7. The number of nitrogens with zero attached hydrogens (tertiary/aromatic N) is 2. The van der Waals surface area contributed by atoms with E-state index in [0.29, 0.717) is 59.5 Å². The summed E-state index contributed by atoms with van der Waals surface area (Å²) in [6.45, 7) is 4.80. The van der Waals surface area contributed by atoms with Crippen LogP contribution in [0, 0.1) is 0 Å². The number of imide groups is 2. The highest BCUT2D eigenvalue weighted by molar-refractivity contribution is 9.11. The second kappa shape index (κ2) is 9.57. The van der Waals surface area contributed by atoms with Gasteiger partial charge in [-0.3, -0.25) is 29.0 Å². The average Bonchev–Trinajstić information content (AvgIpc) is 2.95. The van der Waals surface area contributed by atoms with Crippen LogP contribution in [0.25, 0.3) is 43.1 Å². The van der Waals surface area contributed by atoms with E-state index < -0.39 is 0 Å². The molecule has 0 bridgehead atoms. The second-order valence-corrected chi connectivity index (χ2v) is 13.3. The molecule has 2 heterocycles. The van der Waals surface area contributed by atoms with Gasteiger partial charge in [-0.05, 0) is 42.5 Å². The van der Waals surface area contributed by atoms with Crippen LogP contribution in [0.2, 0.25) is 0 Å². The highest BCUT2D eigenvalue weighted by Gasteiger charge is 2.38. The SMILES string of the molecule is CCCCN1C(=O)c2ccc3c4c(Br)cc5c6c(cc(Br)c(c7c(Br)cc(c2c37)C1=O)c64)C(=O)N(CCCC)C5=O. The fraction of sp³-hybridized carbons (Fsp3) is 0.250. The molecule has 0 atom stereocenters. The molecule has 2 aliphatic rings. The van der Waals surface area contributed by atoms with Crippen molar-refractivity contribution in [3.63, 3.8) is 0 Å². The highest BCUT2D eigenvalue weighted by atomic mass is 79.9. The highest BCUT2D eigenvalue weighted by Crippen LogP contribution is 2.52. The summed E-state index contributed by atoms with van der Waals surface area (Å²) in [6, 6.07) is 9.16. The molecule has 5 aromatic carbocycles. The average molecular weight is 739 g/mol. The summed E-state index contributed by atoms with van der Waals surface area (Å²) in [5, 5.41) is 6.19. The molecule has 0 aliphatic carbocycles. The largest absolute Gasteiger partial charge is 0.274 e. The zero-order chi connectivity index (χ0) is 28.9. The Morgan fingerprint density at radius 2 is 0.927 bits per heavy atom. The number of unbranched alkanes of at least 4 members (excludes halogenated alkanes) is 2. The number of carbonyl (C=O) groups is 4. The maximum Gasteiger partial charge on any atom is 0.261 e. The van der Waals surface area contributed by atoms with Gasteiger partial charge in [-0.2, -0.15) is 0 Å². The Balaban J connectivity index is 1.64. The number of fused-ring (bicyclic) bond motifs is 2. The number of rotatable bonds is 6. The van der Waals surface area contributed by atoms with Crippen molar-refractivity contribution in [3.8, 4) is 0 Å². The van der Waals surface area contributed by atoms with E-state index in [4.69, 9.17) is 0 Å². The van der Waals surface area contributed by atoms with Crippen LogP contribution in [0.4, 0.5) is 0 Å². The van der Waals surface area contributed by atoms with Crippen molar-refractivity contribution in [2.75, 3.05) is 13.1 Å². The molecule has 41 heavy (non-hydrogen) atoms. The first-order valence-corrected chi connectivity index (χ1v) is 16.1. The number of benzene rings is 5. The van der Waals surface area contributed by atoms with Gasteiger partial charge in [-0.1, -0.05) is 80.5 Å². The summed E-state index contributed by atoms with van der Waals surface area (Å²) in [7, 11) is 0. The van der Waals surface area contributed by atoms with Crippen LogP contribution in [0.3, 0.4) is 0 Å². The van der Waals surface area contributed by atoms with Crippen molar-refractivity contribution in [3.05, 3.63) is 66.0 Å². The summed E-state index contributed by atoms with van der Waals surface area (Å²) >= 11 is 11.3. The molecule has 6 nitrogen and oxygen atoms in total. The Hall–Kier alpha value is -2.88. The number of hydrogen-bond donors (Lipinski definition) is 0. The molecule has 9 heteroatoms. The monoisotopic (exact) mass is 736 g/mol. The molecule has 4 amide bonds. The van der Waals surface area contributed by atoms with E-state index in [1.54, 1.807) is 6.07 Å². The summed E-state index contributed by atoms with van der Waals surface area (Å²) in [4.78, 5) is 57.4. The van der Waals surface area contributed by atoms with Crippen LogP contribution in [0.15, 0.2) is 43.7 Å². The normalized spacial score (nSPS) is 15.1. The van der Waals surface area contributed by atoms with Crippen LogP contribution in [-0.2, 0) is 0 Å². The molecule has 5 aromatic rings. The molecule has 0 saturated carbocycles. The van der Waals surface area contributed by atoms with Crippen molar-refractivity contribution < 1.29 is 19.2 Å². The lowest BCUT2D eigenvalue weighted by Crippen LogP contribution is -2.41. The first-order valence-electron chi connectivity index (χ1n) is 13.7. The summed E-state index contributed by atoms with van der Waals surface area (Å²) in [6.07, 6.45) is 3.20. The van der Waals surface area contributed by atoms with Gasteiger partial charge < -0.3 is 0 Å². The summed E-state index contributed by atoms with van der Waals surface area (Å²) < 4.78 is 2.12. The van der Waals surface area contributed by atoms with E-state index in [1.165, 1.54) is 9.80 Å². The maximum atomic E-state index is 13.7. The Morgan fingerprint density at radius 3 is 1.41 bits per heavy atom. The Morgan fingerprint density at radius 1 is 0.512 bits per heavy atom. The molecular weight excluding hydrogens is 716 g/mol. The van der Waals surface area contributed by atoms with Gasteiger partial charge in [0.1, 0.15) is 0 Å². The van der Waals surface area contributed by atoms with E-state index in [1.807, 2.05) is 38.1 Å². The van der Waals surface area contributed by atoms with Crippen LogP contribution < -0.4 is 0 Å². The molecule has 2 aliphatic heterocycles. The predicted molar refractivity (Wildman–Crippen MR) is 171 cm³/mol. The quantitative estimate of drug-likeness (QED) is 0.0992. The third-order valence-corrected chi connectivity index (χ3v) is 10.3. The lowest BCUT2D eigenvalue weighted by Gasteiger charge is -2.31. The number of amides is 4. The van der Waals surface area contributed by atoms with Crippen molar-refractivity contribution in [2.24, 2.45) is 0 Å². The minimum absolute atomic E-state index is 0.284. The Bertz CT molecular complexity index is 2030. The van der Waals surface area contributed by atoms with Gasteiger partial charge in [0.15, 0.2) is 0 Å². The standard InChI is InChI=1S/C32H23Br3N2O4/c1-3-5-9-36-29(38)15-8-7-14-24-19(33)11-17-23-18(32(41)37(31(17)40)10-6-4-2)13-21(35)27(28(23)24)26-20(34)12-16(30(36)39)22(15)25(14)26/h7-8,11-13H,3-6,9-10H2,1-2H3. The van der Waals surface area contributed by atoms with Gasteiger partial charge in [-0.15, -0.1) is 0 Å². The number of hydrogen-bond acceptors (Lipinski definition) is 4. The predicted octanol–water partition coefficient (Wildman–Crippen LogP) is 8.82. The zero-order valence-electron chi connectivity index (χ0n) is 22.3. The Labute approximate surface area is 260 Å². The minimum Gasteiger partial charge on any atom is -0.274 e. The molecule has 206 valence electrons. The Kier molecular flexibility index (Phi) is 6.30. The van der Waals surface area contributed by atoms with E-state index >= 15 is 0 Å². The van der Waals surface area contributed by atoms with Crippen LogP contribution in [0.5, 0.6) is 0 Å². The topological polar surface area (TPSA) is 74.8 Å². The van der Waals surface area contributed by atoms with Gasteiger partial charge in [0.25, 0.3) is 23.6 Å². The van der Waals surface area contributed by atoms with Gasteiger partial charge >= 0.3 is 0 Å². The third kappa shape index (κ3) is 3.52. The van der Waals surface area contributed by atoms with Crippen molar-refractivity contribution in [2.45, 2.75) is 39.5 Å². The van der Waals surface area contributed by atoms with E-state index in [2.05, 4.69) is 47.8 Å². The fourth-order valence-electron chi connectivity index (χ4n) is 6.55. The minimum atomic E-state index is -0.296. The summed E-state index contributed by atoms with van der Waals surface area (Å²) in [5.41, 5.74) is 1.96. The van der Waals surface area contributed by atoms with Crippen molar-refractivity contribution in [1.29, 1.82) is 0 Å². The third-order valence-electron chi connectivity index (χ3n) is 8.44. The first-order chi connectivity index (χ1) is 19.7. The fourth-order valence-corrected chi connectivity index (χ4v) is 8.44. The van der Waals surface area contributed by atoms with Crippen LogP contribution in [-0.4, -0.2) is 46.5 Å². The lowest BCUT2D eigenvalue weighted by atomic mass is 9.82. The molecule has 7 rings (SSSR count). The number of carbonyl (C=O) groups excluding carboxylic acids is 4. The first kappa shape index (κ1) is 27.0. The van der Waals surface area contributed by atoms with Gasteiger partial charge in [0, 0.05) is 86.5 Å². The second-order valence-electron chi connectivity index (χ2n) is 10.7. The molecule has 0 radical (unpaired) electrons. The lowest BCUT2D eigenvalue weighted by molar-refractivity contribution is 0.0593. The molecule has 0 unspecified atom stereocenters. The van der Waals surface area contributed by atoms with E-state index in [-0.39, 0.29) is 23.6 Å². The molecular formula is C32H23Br3N2O4. The zero-order valence-corrected chi connectivity index (χ0v) is 27.0. The van der Waals surface area contributed by atoms with Gasteiger partial charge in [0.2, 0.25) is 0 Å². The molecule has 0 aromatic heterocycles. The van der Waals surface area contributed by atoms with Crippen LogP contribution >= 0.6 is 47.8 Å². The smallest absolute Gasteiger partial charge is 0.261 e. The van der Waals surface area contributed by atoms with Crippen LogP contribution in [0.1, 0.15) is 81.0 Å². The van der Waals surface area contributed by atoms with Gasteiger partial charge in [-0.25, -0.2) is 0 Å². The molecule has 0 spiro atoms. The number of halogens is 3. The molecule has 0 saturated heterocycles. The summed E-state index contributed by atoms with van der Waals surface area (Å²) in [5.74, 6) is -1.17. The van der Waals surface area contributed by atoms with E-state index in [0.717, 1.165) is 58.0 Å². The molecule has 0 fully saturated rings.